The van der Waals surface area contributed by atoms with Gasteiger partial charge in [-0.3, -0.25) is 9.98 Å². The number of rotatable bonds is 9. The van der Waals surface area contributed by atoms with Crippen molar-refractivity contribution in [3.63, 3.8) is 0 Å². The number of hydrogen-bond donors (Lipinski definition) is 3. The number of aliphatic imine (C=N–C) groups is 1. The molecule has 2 aromatic rings. The molecule has 0 bridgehead atoms. The minimum Gasteiger partial charge on any atom is -0.357 e. The Labute approximate surface area is 167 Å². The van der Waals surface area contributed by atoms with Crippen molar-refractivity contribution in [1.82, 2.24) is 20.3 Å². The molecular weight excluding hydrogens is 374 g/mol. The first-order valence-electron chi connectivity index (χ1n) is 9.49. The van der Waals surface area contributed by atoms with E-state index in [1.54, 1.807) is 6.07 Å². The lowest BCUT2D eigenvalue weighted by molar-refractivity contribution is 0.581. The minimum atomic E-state index is -3.57. The van der Waals surface area contributed by atoms with Gasteiger partial charge in [-0.2, -0.15) is 0 Å². The van der Waals surface area contributed by atoms with Gasteiger partial charge in [0, 0.05) is 25.5 Å². The van der Waals surface area contributed by atoms with Gasteiger partial charge in [-0.25, -0.2) is 13.1 Å². The maximum atomic E-state index is 12.2. The molecular formula is C20H29N5O2S. The smallest absolute Gasteiger partial charge is 0.242 e. The van der Waals surface area contributed by atoms with Crippen LogP contribution in [0.2, 0.25) is 0 Å². The monoisotopic (exact) mass is 403 g/mol. The Balaban J connectivity index is 1.92. The highest BCUT2D eigenvalue weighted by Gasteiger charge is 2.13. The van der Waals surface area contributed by atoms with Crippen LogP contribution in [0.1, 0.15) is 37.9 Å². The summed E-state index contributed by atoms with van der Waals surface area (Å²) in [4.78, 5) is 8.45. The molecule has 0 fully saturated rings. The summed E-state index contributed by atoms with van der Waals surface area (Å²) in [6.07, 6.45) is 3.87. The zero-order valence-corrected chi connectivity index (χ0v) is 17.5. The van der Waals surface area contributed by atoms with Gasteiger partial charge in [-0.1, -0.05) is 31.2 Å². The van der Waals surface area contributed by atoms with Crippen molar-refractivity contribution in [1.29, 1.82) is 0 Å². The summed E-state index contributed by atoms with van der Waals surface area (Å²) in [6.45, 7) is 7.43. The third kappa shape index (κ3) is 6.61. The Morgan fingerprint density at radius 2 is 1.93 bits per heavy atom. The molecule has 0 amide bonds. The topological polar surface area (TPSA) is 95.5 Å². The van der Waals surface area contributed by atoms with Crippen LogP contribution < -0.4 is 15.4 Å². The average Bonchev–Trinajstić information content (AvgIpc) is 2.72. The average molecular weight is 404 g/mol. The molecule has 3 N–H and O–H groups in total. The molecule has 2 rings (SSSR count). The van der Waals surface area contributed by atoms with Crippen LogP contribution in [0.3, 0.4) is 0 Å². The predicted molar refractivity (Wildman–Crippen MR) is 113 cm³/mol. The van der Waals surface area contributed by atoms with E-state index in [1.165, 1.54) is 29.6 Å². The lowest BCUT2D eigenvalue weighted by Crippen LogP contribution is -2.39. The van der Waals surface area contributed by atoms with E-state index in [1.807, 2.05) is 6.92 Å². The number of benzene rings is 1. The van der Waals surface area contributed by atoms with Gasteiger partial charge in [0.05, 0.1) is 12.6 Å². The molecule has 0 aliphatic heterocycles. The van der Waals surface area contributed by atoms with Crippen molar-refractivity contribution in [2.24, 2.45) is 4.99 Å². The van der Waals surface area contributed by atoms with Crippen molar-refractivity contribution in [3.8, 4) is 0 Å². The second kappa shape index (κ2) is 10.8. The summed E-state index contributed by atoms with van der Waals surface area (Å²) in [5, 5.41) is 6.54. The molecule has 0 spiro atoms. The standard InChI is InChI=1S/C20H29N5O2S/c1-4-17-8-10-18(11-9-17)16(3)25-20(22-5-2)23-13-14-24-28(26,27)19-7-6-12-21-15-19/h6-12,15-16,24H,4-5,13-14H2,1-3H3,(H2,22,23,25). The zero-order valence-electron chi connectivity index (χ0n) is 16.6. The summed E-state index contributed by atoms with van der Waals surface area (Å²) < 4.78 is 26.9. The predicted octanol–water partition coefficient (Wildman–Crippen LogP) is 2.24. The molecule has 1 aromatic carbocycles. The summed E-state index contributed by atoms with van der Waals surface area (Å²) >= 11 is 0. The third-order valence-corrected chi connectivity index (χ3v) is 5.65. The van der Waals surface area contributed by atoms with E-state index in [2.05, 4.69) is 63.4 Å². The molecule has 0 aliphatic rings. The number of guanidine groups is 1. The Kier molecular flexibility index (Phi) is 8.41. The second-order valence-electron chi connectivity index (χ2n) is 6.31. The molecule has 28 heavy (non-hydrogen) atoms. The first-order chi connectivity index (χ1) is 13.5. The fourth-order valence-electron chi connectivity index (χ4n) is 2.59. The Hall–Kier alpha value is -2.45. The highest BCUT2D eigenvalue weighted by molar-refractivity contribution is 7.89. The van der Waals surface area contributed by atoms with Gasteiger partial charge in [-0.15, -0.1) is 0 Å². The van der Waals surface area contributed by atoms with E-state index in [9.17, 15) is 8.42 Å². The second-order valence-corrected chi connectivity index (χ2v) is 8.08. The molecule has 1 atom stereocenters. The fourth-order valence-corrected chi connectivity index (χ4v) is 3.57. The number of hydrogen-bond acceptors (Lipinski definition) is 4. The SMILES string of the molecule is CCNC(=NCCNS(=O)(=O)c1cccnc1)NC(C)c1ccc(CC)cc1. The lowest BCUT2D eigenvalue weighted by atomic mass is 10.1. The Bertz CT molecular complexity index is 852. The van der Waals surface area contributed by atoms with Crippen LogP contribution >= 0.6 is 0 Å². The van der Waals surface area contributed by atoms with E-state index in [0.717, 1.165) is 13.0 Å². The summed E-state index contributed by atoms with van der Waals surface area (Å²) in [6, 6.07) is 11.7. The van der Waals surface area contributed by atoms with Gasteiger partial charge in [0.25, 0.3) is 0 Å². The van der Waals surface area contributed by atoms with Crippen LogP contribution in [-0.2, 0) is 16.4 Å². The first-order valence-corrected chi connectivity index (χ1v) is 11.0. The molecule has 1 unspecified atom stereocenters. The molecule has 7 nitrogen and oxygen atoms in total. The van der Waals surface area contributed by atoms with Crippen molar-refractivity contribution >= 4 is 16.0 Å². The van der Waals surface area contributed by atoms with Crippen LogP contribution in [0.4, 0.5) is 0 Å². The first kappa shape index (κ1) is 21.8. The van der Waals surface area contributed by atoms with Gasteiger partial charge in [0.15, 0.2) is 5.96 Å². The maximum absolute atomic E-state index is 12.2. The molecule has 0 saturated heterocycles. The van der Waals surface area contributed by atoms with Crippen molar-refractivity contribution in [2.75, 3.05) is 19.6 Å². The Morgan fingerprint density at radius 1 is 1.18 bits per heavy atom. The van der Waals surface area contributed by atoms with Crippen molar-refractivity contribution in [2.45, 2.75) is 38.1 Å². The molecule has 0 saturated carbocycles. The maximum Gasteiger partial charge on any atom is 0.242 e. The number of sulfonamides is 1. The van der Waals surface area contributed by atoms with E-state index in [-0.39, 0.29) is 17.5 Å². The van der Waals surface area contributed by atoms with E-state index < -0.39 is 10.0 Å². The highest BCUT2D eigenvalue weighted by atomic mass is 32.2. The lowest BCUT2D eigenvalue weighted by Gasteiger charge is -2.18. The number of nitrogens with one attached hydrogen (secondary N) is 3. The largest absolute Gasteiger partial charge is 0.357 e. The zero-order chi connectivity index (χ0) is 20.4. The minimum absolute atomic E-state index is 0.0794. The molecule has 0 aliphatic carbocycles. The number of aryl methyl sites for hydroxylation is 1. The summed E-state index contributed by atoms with van der Waals surface area (Å²) in [7, 11) is -3.57. The van der Waals surface area contributed by atoms with Crippen LogP contribution in [0, 0.1) is 0 Å². The summed E-state index contributed by atoms with van der Waals surface area (Å²) in [5.74, 6) is 0.648. The number of pyridine rings is 1. The molecule has 0 radical (unpaired) electrons. The van der Waals surface area contributed by atoms with Crippen LogP contribution in [0.15, 0.2) is 58.7 Å². The normalized spacial score (nSPS) is 13.2. The molecule has 8 heteroatoms. The van der Waals surface area contributed by atoms with Gasteiger partial charge >= 0.3 is 0 Å². The van der Waals surface area contributed by atoms with Crippen LogP contribution in [0.5, 0.6) is 0 Å². The number of aromatic nitrogens is 1. The van der Waals surface area contributed by atoms with E-state index >= 15 is 0 Å². The fraction of sp³-hybridized carbons (Fsp3) is 0.400. The third-order valence-electron chi connectivity index (χ3n) is 4.20. The van der Waals surface area contributed by atoms with Crippen LogP contribution in [-0.4, -0.2) is 39.0 Å². The van der Waals surface area contributed by atoms with Gasteiger partial charge in [0.1, 0.15) is 4.90 Å². The summed E-state index contributed by atoms with van der Waals surface area (Å²) in [5.41, 5.74) is 2.47. The quantitative estimate of drug-likeness (QED) is 0.339. The Morgan fingerprint density at radius 3 is 2.54 bits per heavy atom. The van der Waals surface area contributed by atoms with Crippen molar-refractivity contribution < 1.29 is 8.42 Å². The van der Waals surface area contributed by atoms with Gasteiger partial charge < -0.3 is 10.6 Å². The van der Waals surface area contributed by atoms with Gasteiger partial charge in [-0.05, 0) is 43.5 Å². The van der Waals surface area contributed by atoms with Gasteiger partial charge in [0.2, 0.25) is 10.0 Å². The van der Waals surface area contributed by atoms with Crippen molar-refractivity contribution in [3.05, 3.63) is 59.9 Å². The molecule has 152 valence electrons. The molecule has 1 heterocycles. The van der Waals surface area contributed by atoms with Crippen LogP contribution in [0.25, 0.3) is 0 Å². The molecule has 1 aromatic heterocycles. The highest BCUT2D eigenvalue weighted by Crippen LogP contribution is 2.13. The van der Waals surface area contributed by atoms with E-state index in [0.29, 0.717) is 12.5 Å². The number of nitrogens with zero attached hydrogens (tertiary/aromatic N) is 2. The van der Waals surface area contributed by atoms with E-state index in [4.69, 9.17) is 0 Å².